The average Bonchev–Trinajstić information content (AvgIpc) is 3.24. The van der Waals surface area contributed by atoms with Crippen molar-refractivity contribution in [2.75, 3.05) is 31.5 Å². The van der Waals surface area contributed by atoms with Gasteiger partial charge in [0.05, 0.1) is 6.26 Å². The summed E-state index contributed by atoms with van der Waals surface area (Å²) in [7, 11) is 0. The molecule has 7 heteroatoms. The van der Waals surface area contributed by atoms with E-state index in [4.69, 9.17) is 16.0 Å². The highest BCUT2D eigenvalue weighted by Crippen LogP contribution is 2.20. The number of hydrogen-bond acceptors (Lipinski definition) is 4. The van der Waals surface area contributed by atoms with Gasteiger partial charge in [-0.1, -0.05) is 29.8 Å². The lowest BCUT2D eigenvalue weighted by Crippen LogP contribution is -2.35. The minimum absolute atomic E-state index is 0.0214. The molecule has 0 aliphatic carbocycles. The monoisotopic (exact) mass is 451 g/mol. The van der Waals surface area contributed by atoms with Crippen LogP contribution in [0, 0.1) is 6.92 Å². The topological polar surface area (TPSA) is 65.8 Å². The van der Waals surface area contributed by atoms with E-state index in [1.165, 1.54) is 11.8 Å². The van der Waals surface area contributed by atoms with Crippen LogP contribution in [0.3, 0.4) is 0 Å². The lowest BCUT2D eigenvalue weighted by molar-refractivity contribution is 0.0760. The lowest BCUT2D eigenvalue weighted by Gasteiger charge is -2.22. The Morgan fingerprint density at radius 3 is 2.59 bits per heavy atom. The summed E-state index contributed by atoms with van der Waals surface area (Å²) in [6, 6.07) is 16.6. The molecule has 1 aromatic heterocycles. The Morgan fingerprint density at radius 2 is 1.84 bits per heavy atom. The molecule has 2 amide bonds. The van der Waals surface area contributed by atoms with Gasteiger partial charge in [-0.25, -0.2) is 0 Å². The third-order valence-corrected chi connectivity index (χ3v) is 5.92. The van der Waals surface area contributed by atoms with Crippen molar-refractivity contribution in [1.29, 1.82) is 0 Å². The Bertz CT molecular complexity index is 1080. The molecule has 1 N–H and O–H groups in total. The van der Waals surface area contributed by atoms with E-state index in [1.54, 1.807) is 18.2 Å². The first kappa shape index (κ1) is 22.1. The first-order valence-electron chi connectivity index (χ1n) is 10.7. The molecule has 2 aromatic carbocycles. The number of nitrogens with zero attached hydrogens (tertiary/aromatic N) is 2. The molecule has 32 heavy (non-hydrogen) atoms. The van der Waals surface area contributed by atoms with E-state index in [0.717, 1.165) is 36.6 Å². The van der Waals surface area contributed by atoms with Crippen LogP contribution in [0.25, 0.3) is 0 Å². The van der Waals surface area contributed by atoms with Gasteiger partial charge in [-0.15, -0.1) is 0 Å². The molecule has 3 aromatic rings. The van der Waals surface area contributed by atoms with Crippen LogP contribution in [-0.2, 0) is 6.54 Å². The summed E-state index contributed by atoms with van der Waals surface area (Å²) < 4.78 is 5.15. The van der Waals surface area contributed by atoms with Gasteiger partial charge >= 0.3 is 0 Å². The second-order valence-corrected chi connectivity index (χ2v) is 8.45. The fourth-order valence-electron chi connectivity index (χ4n) is 3.84. The van der Waals surface area contributed by atoms with Crippen molar-refractivity contribution in [2.45, 2.75) is 19.9 Å². The molecule has 0 unspecified atom stereocenters. The highest BCUT2D eigenvalue weighted by atomic mass is 35.5. The summed E-state index contributed by atoms with van der Waals surface area (Å²) in [4.78, 5) is 29.8. The largest absolute Gasteiger partial charge is 0.459 e. The van der Waals surface area contributed by atoms with Gasteiger partial charge in [-0.3, -0.25) is 14.5 Å². The molecular weight excluding hydrogens is 426 g/mol. The van der Waals surface area contributed by atoms with E-state index in [-0.39, 0.29) is 17.6 Å². The van der Waals surface area contributed by atoms with E-state index < -0.39 is 0 Å². The zero-order chi connectivity index (χ0) is 22.5. The lowest BCUT2D eigenvalue weighted by atomic mass is 10.1. The normalized spacial score (nSPS) is 14.8. The Kier molecular flexibility index (Phi) is 6.93. The third-order valence-electron chi connectivity index (χ3n) is 5.67. The molecule has 2 heterocycles. The minimum atomic E-state index is -0.338. The molecule has 0 spiro atoms. The Hall–Kier alpha value is -3.09. The molecule has 0 atom stereocenters. The summed E-state index contributed by atoms with van der Waals surface area (Å²) in [6.45, 7) is 5.85. The summed E-state index contributed by atoms with van der Waals surface area (Å²) in [5.41, 5.74) is 3.27. The van der Waals surface area contributed by atoms with E-state index >= 15 is 0 Å². The number of carbonyl (C=O) groups excluding carboxylic acids is 2. The predicted molar refractivity (Wildman–Crippen MR) is 125 cm³/mol. The smallest absolute Gasteiger partial charge is 0.291 e. The van der Waals surface area contributed by atoms with Crippen molar-refractivity contribution in [3.05, 3.63) is 88.3 Å². The van der Waals surface area contributed by atoms with Crippen molar-refractivity contribution in [2.24, 2.45) is 0 Å². The molecule has 166 valence electrons. The maximum Gasteiger partial charge on any atom is 0.291 e. The van der Waals surface area contributed by atoms with Crippen molar-refractivity contribution in [1.82, 2.24) is 9.80 Å². The van der Waals surface area contributed by atoms with E-state index in [2.05, 4.69) is 10.2 Å². The zero-order valence-electron chi connectivity index (χ0n) is 18.0. The molecule has 6 nitrogen and oxygen atoms in total. The number of benzene rings is 2. The van der Waals surface area contributed by atoms with Crippen molar-refractivity contribution in [3.8, 4) is 0 Å². The molecule has 1 fully saturated rings. The van der Waals surface area contributed by atoms with Crippen molar-refractivity contribution < 1.29 is 14.0 Å². The molecule has 0 radical (unpaired) electrons. The SMILES string of the molecule is Cc1ccc(C(=O)N2CCCN(Cc3ccc(Cl)cc3)CC2)cc1NC(=O)c1ccco1. The Morgan fingerprint density at radius 1 is 1.03 bits per heavy atom. The third kappa shape index (κ3) is 5.39. The second-order valence-electron chi connectivity index (χ2n) is 8.01. The van der Waals surface area contributed by atoms with Crippen LogP contribution in [0.4, 0.5) is 5.69 Å². The second kappa shape index (κ2) is 10.0. The summed E-state index contributed by atoms with van der Waals surface area (Å²) >= 11 is 5.98. The molecule has 4 rings (SSSR count). The van der Waals surface area contributed by atoms with Crippen LogP contribution in [0.5, 0.6) is 0 Å². The number of carbonyl (C=O) groups is 2. The van der Waals surface area contributed by atoms with Crippen LogP contribution < -0.4 is 5.32 Å². The number of nitrogens with one attached hydrogen (secondary N) is 1. The van der Waals surface area contributed by atoms with Gasteiger partial charge in [0.1, 0.15) is 0 Å². The number of halogens is 1. The first-order valence-corrected chi connectivity index (χ1v) is 11.1. The Labute approximate surface area is 192 Å². The van der Waals surface area contributed by atoms with Gasteiger partial charge in [0.25, 0.3) is 11.8 Å². The fraction of sp³-hybridized carbons (Fsp3) is 0.280. The van der Waals surface area contributed by atoms with Gasteiger partial charge in [0.2, 0.25) is 0 Å². The zero-order valence-corrected chi connectivity index (χ0v) is 18.8. The van der Waals surface area contributed by atoms with Crippen LogP contribution in [0.2, 0.25) is 5.02 Å². The summed E-state index contributed by atoms with van der Waals surface area (Å²) in [6.07, 6.45) is 2.37. The molecule has 0 bridgehead atoms. The van der Waals surface area contributed by atoms with Crippen molar-refractivity contribution >= 4 is 29.1 Å². The highest BCUT2D eigenvalue weighted by molar-refractivity contribution is 6.30. The number of anilines is 1. The molecule has 1 saturated heterocycles. The quantitative estimate of drug-likeness (QED) is 0.602. The van der Waals surface area contributed by atoms with E-state index in [0.29, 0.717) is 24.3 Å². The van der Waals surface area contributed by atoms with Gasteiger partial charge < -0.3 is 14.6 Å². The number of aryl methyl sites for hydroxylation is 1. The number of rotatable bonds is 5. The van der Waals surface area contributed by atoms with Crippen LogP contribution in [-0.4, -0.2) is 47.8 Å². The molecule has 1 aliphatic rings. The van der Waals surface area contributed by atoms with Gasteiger partial charge in [0, 0.05) is 49.0 Å². The highest BCUT2D eigenvalue weighted by Gasteiger charge is 2.21. The van der Waals surface area contributed by atoms with Gasteiger partial charge in [-0.05, 0) is 60.9 Å². The predicted octanol–water partition coefficient (Wildman–Crippen LogP) is 4.84. The van der Waals surface area contributed by atoms with E-state index in [1.807, 2.05) is 48.2 Å². The Balaban J connectivity index is 1.40. The maximum absolute atomic E-state index is 13.2. The summed E-state index contributed by atoms with van der Waals surface area (Å²) in [5.74, 6) is -0.128. The van der Waals surface area contributed by atoms with Gasteiger partial charge in [-0.2, -0.15) is 0 Å². The van der Waals surface area contributed by atoms with Crippen LogP contribution >= 0.6 is 11.6 Å². The number of amides is 2. The molecule has 0 saturated carbocycles. The standard InChI is InChI=1S/C25H26ClN3O3/c1-18-5-8-20(16-22(18)27-24(30)23-4-2-15-32-23)25(31)29-12-3-11-28(13-14-29)17-19-6-9-21(26)10-7-19/h2,4-10,15-16H,3,11-14,17H2,1H3,(H,27,30). The number of furan rings is 1. The first-order chi connectivity index (χ1) is 15.5. The summed E-state index contributed by atoms with van der Waals surface area (Å²) in [5, 5.41) is 3.58. The molecular formula is C25H26ClN3O3. The maximum atomic E-state index is 13.2. The fourth-order valence-corrected chi connectivity index (χ4v) is 3.97. The number of hydrogen-bond donors (Lipinski definition) is 1. The minimum Gasteiger partial charge on any atom is -0.459 e. The van der Waals surface area contributed by atoms with Crippen LogP contribution in [0.1, 0.15) is 38.5 Å². The van der Waals surface area contributed by atoms with Crippen molar-refractivity contribution in [3.63, 3.8) is 0 Å². The molecule has 1 aliphatic heterocycles. The van der Waals surface area contributed by atoms with Crippen LogP contribution in [0.15, 0.2) is 65.3 Å². The van der Waals surface area contributed by atoms with E-state index in [9.17, 15) is 9.59 Å². The average molecular weight is 452 g/mol. The van der Waals surface area contributed by atoms with Gasteiger partial charge in [0.15, 0.2) is 5.76 Å².